The third-order valence-electron chi connectivity index (χ3n) is 1.29. The molecule has 0 unspecified atom stereocenters. The number of carbonyl (C=O) groups is 1. The van der Waals surface area contributed by atoms with Crippen LogP contribution in [0.3, 0.4) is 0 Å². The van der Waals surface area contributed by atoms with Gasteiger partial charge in [-0.15, -0.1) is 0 Å². The van der Waals surface area contributed by atoms with Crippen LogP contribution < -0.4 is 5.73 Å². The van der Waals surface area contributed by atoms with Gasteiger partial charge in [0.25, 0.3) is 5.91 Å². The fourth-order valence-corrected chi connectivity index (χ4v) is 1.82. The number of hydrogen-bond donors (Lipinski definition) is 1. The van der Waals surface area contributed by atoms with Crippen molar-refractivity contribution in [2.75, 3.05) is 0 Å². The molecule has 64 valence electrons. The van der Waals surface area contributed by atoms with Crippen LogP contribution >= 0.6 is 39.1 Å². The molecule has 0 aliphatic carbocycles. The Morgan fingerprint density at radius 2 is 1.83 bits per heavy atom. The molecular weight excluding hydrogens is 265 g/mol. The van der Waals surface area contributed by atoms with E-state index in [0.29, 0.717) is 14.5 Å². The fourth-order valence-electron chi connectivity index (χ4n) is 0.753. The molecular formula is C7H4BrCl2NO. The van der Waals surface area contributed by atoms with Crippen LogP contribution in [0.5, 0.6) is 0 Å². The van der Waals surface area contributed by atoms with Gasteiger partial charge in [-0.3, -0.25) is 4.79 Å². The number of nitrogens with two attached hydrogens (primary N) is 1. The molecule has 0 saturated heterocycles. The first-order chi connectivity index (χ1) is 5.54. The normalized spacial score (nSPS) is 9.92. The summed E-state index contributed by atoms with van der Waals surface area (Å²) in [6.07, 6.45) is 0. The van der Waals surface area contributed by atoms with Gasteiger partial charge >= 0.3 is 0 Å². The van der Waals surface area contributed by atoms with E-state index in [1.807, 2.05) is 0 Å². The van der Waals surface area contributed by atoms with E-state index in [-0.39, 0.29) is 5.56 Å². The van der Waals surface area contributed by atoms with Crippen molar-refractivity contribution in [2.24, 2.45) is 5.73 Å². The molecule has 12 heavy (non-hydrogen) atoms. The summed E-state index contributed by atoms with van der Waals surface area (Å²) in [5.74, 6) is -0.602. The summed E-state index contributed by atoms with van der Waals surface area (Å²) in [5.41, 5.74) is 5.28. The third-order valence-corrected chi connectivity index (χ3v) is 2.97. The molecule has 2 nitrogen and oxygen atoms in total. The highest BCUT2D eigenvalue weighted by Crippen LogP contribution is 2.31. The second-order valence-electron chi connectivity index (χ2n) is 2.08. The van der Waals surface area contributed by atoms with Gasteiger partial charge in [-0.1, -0.05) is 23.2 Å². The lowest BCUT2D eigenvalue weighted by atomic mass is 10.2. The Hall–Kier alpha value is -0.250. The van der Waals surface area contributed by atoms with E-state index in [4.69, 9.17) is 28.9 Å². The maximum absolute atomic E-state index is 10.8. The summed E-state index contributed by atoms with van der Waals surface area (Å²) >= 11 is 14.5. The van der Waals surface area contributed by atoms with Crippen molar-refractivity contribution in [1.82, 2.24) is 0 Å². The molecule has 0 aliphatic heterocycles. The van der Waals surface area contributed by atoms with Crippen molar-refractivity contribution in [1.29, 1.82) is 0 Å². The van der Waals surface area contributed by atoms with Crippen molar-refractivity contribution in [3.63, 3.8) is 0 Å². The average molecular weight is 269 g/mol. The molecule has 0 radical (unpaired) electrons. The predicted molar refractivity (Wildman–Crippen MR) is 52.7 cm³/mol. The van der Waals surface area contributed by atoms with Crippen molar-refractivity contribution >= 4 is 45.0 Å². The number of halogens is 3. The summed E-state index contributed by atoms with van der Waals surface area (Å²) < 4.78 is 0.434. The Morgan fingerprint density at radius 1 is 1.33 bits per heavy atom. The van der Waals surface area contributed by atoms with E-state index >= 15 is 0 Å². The van der Waals surface area contributed by atoms with Crippen molar-refractivity contribution < 1.29 is 4.79 Å². The van der Waals surface area contributed by atoms with Crippen molar-refractivity contribution in [3.8, 4) is 0 Å². The lowest BCUT2D eigenvalue weighted by Crippen LogP contribution is -2.12. The predicted octanol–water partition coefficient (Wildman–Crippen LogP) is 2.85. The van der Waals surface area contributed by atoms with Crippen LogP contribution in [0.25, 0.3) is 0 Å². The molecule has 0 bridgehead atoms. The lowest BCUT2D eigenvalue weighted by molar-refractivity contribution is 0.0999. The number of amides is 1. The quantitative estimate of drug-likeness (QED) is 0.782. The van der Waals surface area contributed by atoms with Gasteiger partial charge in [0.2, 0.25) is 0 Å². The first kappa shape index (κ1) is 9.84. The van der Waals surface area contributed by atoms with E-state index in [9.17, 15) is 4.79 Å². The van der Waals surface area contributed by atoms with Gasteiger partial charge in [0.1, 0.15) is 0 Å². The fraction of sp³-hybridized carbons (Fsp3) is 0. The monoisotopic (exact) mass is 267 g/mol. The maximum atomic E-state index is 10.8. The van der Waals surface area contributed by atoms with E-state index < -0.39 is 5.91 Å². The number of rotatable bonds is 1. The first-order valence-corrected chi connectivity index (χ1v) is 4.52. The molecule has 1 amide bonds. The molecule has 0 saturated carbocycles. The zero-order chi connectivity index (χ0) is 9.30. The molecule has 2 N–H and O–H groups in total. The van der Waals surface area contributed by atoms with Crippen LogP contribution in [0.4, 0.5) is 0 Å². The Kier molecular flexibility index (Phi) is 2.99. The van der Waals surface area contributed by atoms with Crippen molar-refractivity contribution in [2.45, 2.75) is 0 Å². The summed E-state index contributed by atoms with van der Waals surface area (Å²) in [5, 5.41) is 0.701. The Labute approximate surface area is 87.8 Å². The van der Waals surface area contributed by atoms with Crippen LogP contribution in [0, 0.1) is 0 Å². The van der Waals surface area contributed by atoms with E-state index in [2.05, 4.69) is 15.9 Å². The standard InChI is InChI=1S/C7H4BrCl2NO/c8-6-4(10)2-1-3(9)5(6)7(11)12/h1-2H,(H2,11,12). The molecule has 0 fully saturated rings. The average Bonchev–Trinajstić information content (AvgIpc) is 1.97. The van der Waals surface area contributed by atoms with Crippen LogP contribution in [-0.4, -0.2) is 5.91 Å². The molecule has 0 spiro atoms. The molecule has 5 heteroatoms. The van der Waals surface area contributed by atoms with Gasteiger partial charge in [0.05, 0.1) is 20.1 Å². The summed E-state index contributed by atoms with van der Waals surface area (Å²) in [6, 6.07) is 3.11. The van der Waals surface area contributed by atoms with Gasteiger partial charge < -0.3 is 5.73 Å². The Balaban J connectivity index is 3.43. The molecule has 1 aromatic carbocycles. The molecule has 0 heterocycles. The minimum Gasteiger partial charge on any atom is -0.366 e. The largest absolute Gasteiger partial charge is 0.366 e. The second-order valence-corrected chi connectivity index (χ2v) is 3.69. The van der Waals surface area contributed by atoms with Gasteiger partial charge in [0, 0.05) is 0 Å². The van der Waals surface area contributed by atoms with Crippen LogP contribution in [0.2, 0.25) is 10.0 Å². The molecule has 0 aromatic heterocycles. The van der Waals surface area contributed by atoms with Gasteiger partial charge in [0.15, 0.2) is 0 Å². The van der Waals surface area contributed by atoms with Gasteiger partial charge in [-0.25, -0.2) is 0 Å². The highest BCUT2D eigenvalue weighted by molar-refractivity contribution is 9.10. The third kappa shape index (κ3) is 1.73. The van der Waals surface area contributed by atoms with Gasteiger partial charge in [-0.05, 0) is 28.1 Å². The maximum Gasteiger partial charge on any atom is 0.251 e. The summed E-state index contributed by atoms with van der Waals surface area (Å²) in [7, 11) is 0. The van der Waals surface area contributed by atoms with E-state index in [1.54, 1.807) is 6.07 Å². The highest BCUT2D eigenvalue weighted by atomic mass is 79.9. The van der Waals surface area contributed by atoms with Crippen LogP contribution in [-0.2, 0) is 0 Å². The Morgan fingerprint density at radius 3 is 2.25 bits per heavy atom. The number of primary amides is 1. The SMILES string of the molecule is NC(=O)c1c(Cl)ccc(Cl)c1Br. The second kappa shape index (κ2) is 3.64. The minimum absolute atomic E-state index is 0.212. The van der Waals surface area contributed by atoms with E-state index in [1.165, 1.54) is 6.07 Å². The summed E-state index contributed by atoms with van der Waals surface area (Å²) in [6.45, 7) is 0. The van der Waals surface area contributed by atoms with Crippen LogP contribution in [0.15, 0.2) is 16.6 Å². The highest BCUT2D eigenvalue weighted by Gasteiger charge is 2.13. The molecule has 0 aliphatic rings. The molecule has 1 rings (SSSR count). The number of hydrogen-bond acceptors (Lipinski definition) is 1. The smallest absolute Gasteiger partial charge is 0.251 e. The first-order valence-electron chi connectivity index (χ1n) is 2.97. The Bertz CT molecular complexity index is 340. The number of benzene rings is 1. The van der Waals surface area contributed by atoms with Crippen molar-refractivity contribution in [3.05, 3.63) is 32.2 Å². The zero-order valence-corrected chi connectivity index (χ0v) is 8.87. The lowest BCUT2D eigenvalue weighted by Gasteiger charge is -2.03. The molecule has 1 aromatic rings. The number of carbonyl (C=O) groups excluding carboxylic acids is 1. The summed E-state index contributed by atoms with van der Waals surface area (Å²) in [4.78, 5) is 10.8. The van der Waals surface area contributed by atoms with Gasteiger partial charge in [-0.2, -0.15) is 0 Å². The molecule has 0 atom stereocenters. The topological polar surface area (TPSA) is 43.1 Å². The van der Waals surface area contributed by atoms with E-state index in [0.717, 1.165) is 0 Å². The zero-order valence-electron chi connectivity index (χ0n) is 5.77. The minimum atomic E-state index is -0.602. The van der Waals surface area contributed by atoms with Crippen LogP contribution in [0.1, 0.15) is 10.4 Å².